The molecule has 0 aromatic heterocycles. The van der Waals surface area contributed by atoms with Gasteiger partial charge in [-0.25, -0.2) is 0 Å². The van der Waals surface area contributed by atoms with Crippen LogP contribution >= 0.6 is 24.0 Å². The van der Waals surface area contributed by atoms with Gasteiger partial charge in [0, 0.05) is 0 Å². The van der Waals surface area contributed by atoms with Crippen molar-refractivity contribution in [3.05, 3.63) is 0 Å². The van der Waals surface area contributed by atoms with Gasteiger partial charge in [-0.1, -0.05) is 0 Å². The highest BCUT2D eigenvalue weighted by molar-refractivity contribution is 14.0. The van der Waals surface area contributed by atoms with Crippen LogP contribution in [0.2, 0.25) is 0 Å². The molecule has 32 valence electrons. The molecule has 0 aromatic rings. The minimum absolute atomic E-state index is 0. The molecule has 0 bridgehead atoms. The molecule has 0 fully saturated rings. The van der Waals surface area contributed by atoms with Crippen molar-refractivity contribution in [2.75, 3.05) is 0 Å². The smallest absolute Gasteiger partial charge is 0.254 e. The zero-order valence-corrected chi connectivity index (χ0v) is 4.45. The maximum absolute atomic E-state index is 9.67. The van der Waals surface area contributed by atoms with Crippen molar-refractivity contribution in [2.24, 2.45) is 0 Å². The standard InChI is InChI=1S/BF3.HI/c2-1(3)4;/h;1H. The van der Waals surface area contributed by atoms with Crippen molar-refractivity contribution in [1.82, 2.24) is 0 Å². The minimum Gasteiger partial charge on any atom is -0.254 e. The van der Waals surface area contributed by atoms with Gasteiger partial charge in [-0.2, -0.15) is 0 Å². The molecule has 5 heteroatoms. The van der Waals surface area contributed by atoms with Crippen molar-refractivity contribution in [3.63, 3.8) is 0 Å². The van der Waals surface area contributed by atoms with E-state index in [2.05, 4.69) is 0 Å². The van der Waals surface area contributed by atoms with Crippen LogP contribution in [0.4, 0.5) is 12.9 Å². The molecule has 0 unspecified atom stereocenters. The molecule has 0 saturated carbocycles. The quantitative estimate of drug-likeness (QED) is 0.406. The Balaban J connectivity index is 0. The lowest BCUT2D eigenvalue weighted by Crippen LogP contribution is -1.76. The first-order valence-corrected chi connectivity index (χ1v) is 0.655. The molecule has 0 spiro atoms. The summed E-state index contributed by atoms with van der Waals surface area (Å²) in [6.45, 7) is 0. The lowest BCUT2D eigenvalue weighted by molar-refractivity contribution is 0.535. The summed E-state index contributed by atoms with van der Waals surface area (Å²) in [5.74, 6) is 0. The Hall–Kier alpha value is 0.585. The summed E-state index contributed by atoms with van der Waals surface area (Å²) in [6.07, 6.45) is 0. The fourth-order valence-corrected chi connectivity index (χ4v) is 0. The van der Waals surface area contributed by atoms with Crippen LogP contribution in [0.3, 0.4) is 0 Å². The van der Waals surface area contributed by atoms with E-state index in [1.54, 1.807) is 0 Å². The molecule has 0 aromatic carbocycles. The lowest BCUT2D eigenvalue weighted by atomic mass is 10.5. The van der Waals surface area contributed by atoms with E-state index in [1.807, 2.05) is 0 Å². The first-order valence-electron chi connectivity index (χ1n) is 0.655. The summed E-state index contributed by atoms with van der Waals surface area (Å²) in [4.78, 5) is 0. The molecule has 5 heavy (non-hydrogen) atoms. The predicted molar refractivity (Wildman–Crippen MR) is 24.5 cm³/mol. The van der Waals surface area contributed by atoms with Gasteiger partial charge in [0.15, 0.2) is 0 Å². The minimum atomic E-state index is -3.67. The van der Waals surface area contributed by atoms with Crippen molar-refractivity contribution in [1.29, 1.82) is 0 Å². The second kappa shape index (κ2) is 4.58. The molecule has 0 amide bonds. The molecule has 0 saturated heterocycles. The molecule has 0 nitrogen and oxygen atoms in total. The molecule has 0 atom stereocenters. The summed E-state index contributed by atoms with van der Waals surface area (Å²) in [5, 5.41) is 0. The van der Waals surface area contributed by atoms with Gasteiger partial charge >= 0.3 is 7.54 Å². The van der Waals surface area contributed by atoms with Gasteiger partial charge in [0.1, 0.15) is 0 Å². The Labute approximate surface area is 45.0 Å². The van der Waals surface area contributed by atoms with E-state index in [-0.39, 0.29) is 24.0 Å². The van der Waals surface area contributed by atoms with Gasteiger partial charge in [0.05, 0.1) is 0 Å². The number of halogens is 4. The summed E-state index contributed by atoms with van der Waals surface area (Å²) in [5.41, 5.74) is 0. The van der Waals surface area contributed by atoms with E-state index in [4.69, 9.17) is 0 Å². The fourth-order valence-electron chi connectivity index (χ4n) is 0. The summed E-state index contributed by atoms with van der Waals surface area (Å²) < 4.78 is 29.0. The van der Waals surface area contributed by atoms with Gasteiger partial charge in [0.25, 0.3) is 0 Å². The first kappa shape index (κ1) is 9.14. The molecular formula is HBF3I. The van der Waals surface area contributed by atoms with E-state index in [9.17, 15) is 12.9 Å². The third-order valence-electron chi connectivity index (χ3n) is 0. The molecule has 0 heterocycles. The molecule has 0 aliphatic carbocycles. The third kappa shape index (κ3) is 89.5. The number of hydrogen-bond acceptors (Lipinski definition) is 0. The first-order chi connectivity index (χ1) is 1.73. The molecule has 0 N–H and O–H groups in total. The van der Waals surface area contributed by atoms with Gasteiger partial charge in [-0.05, 0) is 0 Å². The Kier molecular flexibility index (Phi) is 8.38. The topological polar surface area (TPSA) is 0 Å². The van der Waals surface area contributed by atoms with E-state index >= 15 is 0 Å². The van der Waals surface area contributed by atoms with Crippen molar-refractivity contribution >= 4 is 31.5 Å². The highest BCUT2D eigenvalue weighted by atomic mass is 127. The van der Waals surface area contributed by atoms with Crippen LogP contribution in [0.25, 0.3) is 0 Å². The van der Waals surface area contributed by atoms with E-state index in [0.717, 1.165) is 0 Å². The normalized spacial score (nSPS) is 5.40. The second-order valence-electron chi connectivity index (χ2n) is 0.247. The average molecular weight is 196 g/mol. The Morgan fingerprint density at radius 1 is 1.00 bits per heavy atom. The number of hydrogen-bond donors (Lipinski definition) is 0. The predicted octanol–water partition coefficient (Wildman–Crippen LogP) is 1.50. The summed E-state index contributed by atoms with van der Waals surface area (Å²) in [6, 6.07) is 0. The van der Waals surface area contributed by atoms with E-state index in [1.165, 1.54) is 0 Å². The Morgan fingerprint density at radius 2 is 1.00 bits per heavy atom. The Bertz CT molecular complexity index is 11.6. The molecule has 0 radical (unpaired) electrons. The van der Waals surface area contributed by atoms with Gasteiger partial charge in [-0.15, -0.1) is 24.0 Å². The molecule has 0 rings (SSSR count). The largest absolute Gasteiger partial charge is 0.762 e. The molecular weight excluding hydrogens is 195 g/mol. The Morgan fingerprint density at radius 3 is 1.00 bits per heavy atom. The highest BCUT2D eigenvalue weighted by Crippen LogP contribution is 1.80. The average Bonchev–Trinajstić information content (AvgIpc) is 0.811. The van der Waals surface area contributed by atoms with E-state index < -0.39 is 7.54 Å². The SMILES string of the molecule is FB(F)F.I. The zero-order valence-electron chi connectivity index (χ0n) is 2.12. The maximum Gasteiger partial charge on any atom is 0.762 e. The van der Waals surface area contributed by atoms with Gasteiger partial charge in [-0.3, -0.25) is 12.9 Å². The van der Waals surface area contributed by atoms with Gasteiger partial charge in [0.2, 0.25) is 0 Å². The third-order valence-corrected chi connectivity index (χ3v) is 0. The number of rotatable bonds is 0. The van der Waals surface area contributed by atoms with Crippen LogP contribution in [0.5, 0.6) is 0 Å². The maximum atomic E-state index is 9.67. The van der Waals surface area contributed by atoms with Crippen molar-refractivity contribution < 1.29 is 12.9 Å². The highest BCUT2D eigenvalue weighted by Gasteiger charge is 2.06. The lowest BCUT2D eigenvalue weighted by Gasteiger charge is -1.55. The van der Waals surface area contributed by atoms with Crippen molar-refractivity contribution in [3.8, 4) is 0 Å². The zero-order chi connectivity index (χ0) is 3.58. The summed E-state index contributed by atoms with van der Waals surface area (Å²) in [7, 11) is -3.67. The monoisotopic (exact) mass is 196 g/mol. The van der Waals surface area contributed by atoms with Crippen LogP contribution in [-0.2, 0) is 0 Å². The van der Waals surface area contributed by atoms with Crippen LogP contribution in [0, 0.1) is 0 Å². The molecule has 0 aliphatic heterocycles. The van der Waals surface area contributed by atoms with Crippen molar-refractivity contribution in [2.45, 2.75) is 0 Å². The summed E-state index contributed by atoms with van der Waals surface area (Å²) >= 11 is 0. The molecule has 0 aliphatic rings. The van der Waals surface area contributed by atoms with E-state index in [0.29, 0.717) is 0 Å². The fraction of sp³-hybridized carbons (Fsp3) is 0. The van der Waals surface area contributed by atoms with Gasteiger partial charge < -0.3 is 0 Å². The van der Waals surface area contributed by atoms with Crippen LogP contribution < -0.4 is 0 Å². The van der Waals surface area contributed by atoms with Crippen LogP contribution in [0.15, 0.2) is 0 Å². The van der Waals surface area contributed by atoms with Crippen LogP contribution in [-0.4, -0.2) is 7.54 Å². The second-order valence-corrected chi connectivity index (χ2v) is 0.247. The van der Waals surface area contributed by atoms with Crippen LogP contribution in [0.1, 0.15) is 0 Å².